The molecule has 0 atom stereocenters. The molecule has 7 heteroatoms. The van der Waals surface area contributed by atoms with Crippen molar-refractivity contribution in [2.75, 3.05) is 11.9 Å². The highest BCUT2D eigenvalue weighted by Crippen LogP contribution is 2.40. The smallest absolute Gasteiger partial charge is 0.255 e. The number of anilines is 2. The van der Waals surface area contributed by atoms with Crippen LogP contribution in [0.2, 0.25) is 0 Å². The van der Waals surface area contributed by atoms with E-state index in [0.717, 1.165) is 22.4 Å². The first-order valence-electron chi connectivity index (χ1n) is 9.87. The van der Waals surface area contributed by atoms with Crippen LogP contribution in [0.3, 0.4) is 0 Å². The number of nitrogens with zero attached hydrogens (tertiary/aromatic N) is 2. The van der Waals surface area contributed by atoms with Crippen LogP contribution >= 0.6 is 0 Å². The standard InChI is InChI=1S/C24H23FN4O2/c1-14-7-5-11-18(31-13-19(26)30)20(14)22-24(27-21-15(2)8-4-9-16(21)3)29-12-6-10-17(25)23(29)28-22/h4-12,27H,13H2,1-3H3,(H2,26,30). The van der Waals surface area contributed by atoms with Crippen molar-refractivity contribution >= 4 is 23.1 Å². The average molecular weight is 418 g/mol. The normalized spacial score (nSPS) is 11.0. The second-order valence-corrected chi connectivity index (χ2v) is 7.45. The zero-order chi connectivity index (χ0) is 22.1. The first-order chi connectivity index (χ1) is 14.9. The summed E-state index contributed by atoms with van der Waals surface area (Å²) in [5, 5.41) is 3.46. The van der Waals surface area contributed by atoms with Gasteiger partial charge < -0.3 is 15.8 Å². The van der Waals surface area contributed by atoms with Crippen LogP contribution in [-0.2, 0) is 4.79 Å². The Bertz CT molecular complexity index is 1280. The Kier molecular flexibility index (Phi) is 5.33. The monoisotopic (exact) mass is 418 g/mol. The van der Waals surface area contributed by atoms with Gasteiger partial charge >= 0.3 is 0 Å². The summed E-state index contributed by atoms with van der Waals surface area (Å²) >= 11 is 0. The molecule has 1 amide bonds. The maximum absolute atomic E-state index is 14.6. The number of carbonyl (C=O) groups excluding carboxylic acids is 1. The lowest BCUT2D eigenvalue weighted by molar-refractivity contribution is -0.119. The highest BCUT2D eigenvalue weighted by Gasteiger charge is 2.22. The van der Waals surface area contributed by atoms with Gasteiger partial charge in [0, 0.05) is 17.4 Å². The number of carbonyl (C=O) groups is 1. The van der Waals surface area contributed by atoms with E-state index in [9.17, 15) is 9.18 Å². The molecule has 4 rings (SSSR count). The number of hydrogen-bond acceptors (Lipinski definition) is 4. The van der Waals surface area contributed by atoms with Crippen LogP contribution in [0.1, 0.15) is 16.7 Å². The van der Waals surface area contributed by atoms with Crippen molar-refractivity contribution in [3.05, 3.63) is 77.2 Å². The van der Waals surface area contributed by atoms with Crippen molar-refractivity contribution in [3.8, 4) is 17.0 Å². The Hall–Kier alpha value is -3.87. The number of rotatable bonds is 6. The zero-order valence-electron chi connectivity index (χ0n) is 17.6. The van der Waals surface area contributed by atoms with Gasteiger partial charge in [0.15, 0.2) is 18.1 Å². The van der Waals surface area contributed by atoms with Gasteiger partial charge in [-0.25, -0.2) is 9.37 Å². The number of fused-ring (bicyclic) bond motifs is 1. The van der Waals surface area contributed by atoms with Crippen LogP contribution < -0.4 is 15.8 Å². The lowest BCUT2D eigenvalue weighted by atomic mass is 10.0. The molecule has 0 radical (unpaired) electrons. The van der Waals surface area contributed by atoms with E-state index >= 15 is 0 Å². The number of aryl methyl sites for hydroxylation is 3. The number of imidazole rings is 1. The molecule has 0 spiro atoms. The van der Waals surface area contributed by atoms with Crippen LogP contribution in [0.25, 0.3) is 16.9 Å². The Morgan fingerprint density at radius 1 is 1.06 bits per heavy atom. The number of pyridine rings is 1. The summed E-state index contributed by atoms with van der Waals surface area (Å²) in [6.07, 6.45) is 1.76. The third kappa shape index (κ3) is 3.82. The average Bonchev–Trinajstić information content (AvgIpc) is 3.08. The number of hydrogen-bond donors (Lipinski definition) is 2. The van der Waals surface area contributed by atoms with Gasteiger partial charge in [-0.2, -0.15) is 0 Å². The summed E-state index contributed by atoms with van der Waals surface area (Å²) in [7, 11) is 0. The summed E-state index contributed by atoms with van der Waals surface area (Å²) in [4.78, 5) is 15.9. The van der Waals surface area contributed by atoms with Gasteiger partial charge in [0.1, 0.15) is 17.3 Å². The molecular weight excluding hydrogens is 395 g/mol. The molecule has 6 nitrogen and oxygen atoms in total. The number of amides is 1. The molecule has 0 aliphatic rings. The molecule has 2 aromatic carbocycles. The fourth-order valence-electron chi connectivity index (χ4n) is 3.67. The molecule has 0 saturated carbocycles. The van der Waals surface area contributed by atoms with Gasteiger partial charge in [-0.3, -0.25) is 9.20 Å². The fraction of sp³-hybridized carbons (Fsp3) is 0.167. The topological polar surface area (TPSA) is 81.6 Å². The van der Waals surface area contributed by atoms with Crippen molar-refractivity contribution in [1.29, 1.82) is 0 Å². The minimum atomic E-state index is -0.581. The maximum atomic E-state index is 14.6. The highest BCUT2D eigenvalue weighted by molar-refractivity contribution is 5.86. The molecule has 0 aliphatic heterocycles. The van der Waals surface area contributed by atoms with E-state index in [1.54, 1.807) is 22.7 Å². The molecule has 0 unspecified atom stereocenters. The van der Waals surface area contributed by atoms with Crippen molar-refractivity contribution in [3.63, 3.8) is 0 Å². The van der Waals surface area contributed by atoms with Crippen molar-refractivity contribution in [2.45, 2.75) is 20.8 Å². The SMILES string of the molecule is Cc1cccc(C)c1Nc1c(-c2c(C)cccc2OCC(N)=O)nc2c(F)cccn12. The lowest BCUT2D eigenvalue weighted by Crippen LogP contribution is -2.20. The van der Waals surface area contributed by atoms with E-state index in [-0.39, 0.29) is 12.3 Å². The molecule has 4 aromatic rings. The molecule has 0 fully saturated rings. The number of aromatic nitrogens is 2. The Morgan fingerprint density at radius 3 is 2.45 bits per heavy atom. The fourth-order valence-corrected chi connectivity index (χ4v) is 3.67. The number of benzene rings is 2. The molecule has 2 aromatic heterocycles. The second-order valence-electron chi connectivity index (χ2n) is 7.45. The minimum Gasteiger partial charge on any atom is -0.483 e. The Balaban J connectivity index is 1.97. The van der Waals surface area contributed by atoms with Gasteiger partial charge in [0.05, 0.1) is 0 Å². The van der Waals surface area contributed by atoms with Crippen LogP contribution in [0.5, 0.6) is 5.75 Å². The summed E-state index contributed by atoms with van der Waals surface area (Å²) in [6.45, 7) is 5.66. The van der Waals surface area contributed by atoms with Crippen LogP contribution in [0.15, 0.2) is 54.7 Å². The van der Waals surface area contributed by atoms with Gasteiger partial charge in [-0.15, -0.1) is 0 Å². The van der Waals surface area contributed by atoms with E-state index in [0.29, 0.717) is 22.8 Å². The van der Waals surface area contributed by atoms with Crippen molar-refractivity contribution < 1.29 is 13.9 Å². The molecule has 3 N–H and O–H groups in total. The number of nitrogens with two attached hydrogens (primary N) is 1. The predicted octanol–water partition coefficient (Wildman–Crippen LogP) is 4.67. The van der Waals surface area contributed by atoms with Gasteiger partial charge in [0.2, 0.25) is 0 Å². The Labute approximate surface area is 179 Å². The summed E-state index contributed by atoms with van der Waals surface area (Å²) < 4.78 is 22.0. The maximum Gasteiger partial charge on any atom is 0.255 e. The highest BCUT2D eigenvalue weighted by atomic mass is 19.1. The van der Waals surface area contributed by atoms with Crippen molar-refractivity contribution in [1.82, 2.24) is 9.38 Å². The summed E-state index contributed by atoms with van der Waals surface area (Å²) in [6, 6.07) is 14.5. The van der Waals surface area contributed by atoms with Crippen LogP contribution in [0, 0.1) is 26.6 Å². The summed E-state index contributed by atoms with van der Waals surface area (Å²) in [5.41, 5.74) is 10.5. The molecule has 0 aliphatic carbocycles. The number of ether oxygens (including phenoxy) is 1. The largest absolute Gasteiger partial charge is 0.483 e. The van der Waals surface area contributed by atoms with E-state index in [2.05, 4.69) is 10.3 Å². The van der Waals surface area contributed by atoms with E-state index < -0.39 is 11.7 Å². The van der Waals surface area contributed by atoms with E-state index in [4.69, 9.17) is 10.5 Å². The van der Waals surface area contributed by atoms with Crippen LogP contribution in [0.4, 0.5) is 15.9 Å². The molecule has 2 heterocycles. The number of halogens is 1. The quantitative estimate of drug-likeness (QED) is 0.477. The van der Waals surface area contributed by atoms with Gasteiger partial charge in [-0.05, 0) is 55.7 Å². The number of primary amides is 1. The third-order valence-electron chi connectivity index (χ3n) is 5.17. The molecule has 0 saturated heterocycles. The van der Waals surface area contributed by atoms with E-state index in [1.807, 2.05) is 51.1 Å². The predicted molar refractivity (Wildman–Crippen MR) is 119 cm³/mol. The minimum absolute atomic E-state index is 0.190. The molecule has 158 valence electrons. The van der Waals surface area contributed by atoms with Crippen LogP contribution in [-0.4, -0.2) is 21.9 Å². The van der Waals surface area contributed by atoms with Gasteiger partial charge in [0.25, 0.3) is 5.91 Å². The van der Waals surface area contributed by atoms with E-state index in [1.165, 1.54) is 6.07 Å². The first-order valence-corrected chi connectivity index (χ1v) is 9.87. The van der Waals surface area contributed by atoms with Crippen molar-refractivity contribution in [2.24, 2.45) is 5.73 Å². The first kappa shape index (κ1) is 20.4. The summed E-state index contributed by atoms with van der Waals surface area (Å²) in [5.74, 6) is 0.0335. The zero-order valence-corrected chi connectivity index (χ0v) is 17.6. The molecule has 31 heavy (non-hydrogen) atoms. The lowest BCUT2D eigenvalue weighted by Gasteiger charge is -2.16. The molecule has 0 bridgehead atoms. The second kappa shape index (κ2) is 8.10. The molecular formula is C24H23FN4O2. The number of nitrogens with one attached hydrogen (secondary N) is 1. The number of para-hydroxylation sites is 1. The third-order valence-corrected chi connectivity index (χ3v) is 5.17. The Morgan fingerprint density at radius 2 is 1.74 bits per heavy atom. The van der Waals surface area contributed by atoms with Gasteiger partial charge in [-0.1, -0.05) is 30.3 Å².